The van der Waals surface area contributed by atoms with Gasteiger partial charge in [0.15, 0.2) is 11.5 Å². The Hall–Kier alpha value is -2.66. The Labute approximate surface area is 134 Å². The maximum atomic E-state index is 12.0. The first kappa shape index (κ1) is 15.2. The fourth-order valence-corrected chi connectivity index (χ4v) is 2.33. The number of oxazole rings is 1. The van der Waals surface area contributed by atoms with Crippen LogP contribution in [0.5, 0.6) is 0 Å². The van der Waals surface area contributed by atoms with E-state index in [0.717, 1.165) is 11.1 Å². The van der Waals surface area contributed by atoms with Crippen LogP contribution in [0.2, 0.25) is 0 Å². The third-order valence-electron chi connectivity index (χ3n) is 3.48. The van der Waals surface area contributed by atoms with Gasteiger partial charge in [-0.15, -0.1) is 0 Å². The Morgan fingerprint density at radius 3 is 2.83 bits per heavy atom. The Bertz CT molecular complexity index is 796. The van der Waals surface area contributed by atoms with E-state index in [4.69, 9.17) is 9.15 Å². The molecule has 0 aliphatic rings. The summed E-state index contributed by atoms with van der Waals surface area (Å²) in [6, 6.07) is 15.3. The summed E-state index contributed by atoms with van der Waals surface area (Å²) in [5.41, 5.74) is 3.06. The molecule has 0 saturated carbocycles. The number of hydrogen-bond donors (Lipinski definition) is 1. The van der Waals surface area contributed by atoms with E-state index in [2.05, 4.69) is 10.3 Å². The zero-order valence-electron chi connectivity index (χ0n) is 12.9. The van der Waals surface area contributed by atoms with Crippen molar-refractivity contribution in [2.75, 3.05) is 20.3 Å². The molecule has 3 aromatic rings. The number of hydrogen-bond acceptors (Lipinski definition) is 4. The molecule has 0 aliphatic heterocycles. The summed E-state index contributed by atoms with van der Waals surface area (Å²) >= 11 is 0. The first-order valence-corrected chi connectivity index (χ1v) is 7.47. The lowest BCUT2D eigenvalue weighted by Gasteiger charge is -2.03. The molecule has 1 heterocycles. The molecule has 5 nitrogen and oxygen atoms in total. The number of fused-ring (bicyclic) bond motifs is 1. The van der Waals surface area contributed by atoms with Gasteiger partial charge in [-0.25, -0.2) is 4.98 Å². The molecule has 0 atom stereocenters. The fraction of sp³-hybridized carbons (Fsp3) is 0.222. The molecule has 0 saturated heterocycles. The van der Waals surface area contributed by atoms with E-state index in [1.165, 1.54) is 0 Å². The summed E-state index contributed by atoms with van der Waals surface area (Å²) in [5.74, 6) is 0.494. The van der Waals surface area contributed by atoms with Crippen molar-refractivity contribution in [3.63, 3.8) is 0 Å². The average Bonchev–Trinajstić information content (AvgIpc) is 2.97. The largest absolute Gasteiger partial charge is 0.440 e. The second-order valence-electron chi connectivity index (χ2n) is 5.20. The summed E-state index contributed by atoms with van der Waals surface area (Å²) in [6.45, 7) is 0.959. The minimum absolute atomic E-state index is 0.148. The molecule has 0 unspecified atom stereocenters. The van der Waals surface area contributed by atoms with Crippen LogP contribution in [0.25, 0.3) is 11.1 Å². The van der Waals surface area contributed by atoms with Gasteiger partial charge in [0.05, 0.1) is 6.61 Å². The number of amides is 1. The lowest BCUT2D eigenvalue weighted by Crippen LogP contribution is -2.26. The van der Waals surface area contributed by atoms with Crippen LogP contribution in [0.3, 0.4) is 0 Å². The van der Waals surface area contributed by atoms with E-state index in [1.807, 2.05) is 30.3 Å². The molecule has 0 radical (unpaired) electrons. The van der Waals surface area contributed by atoms with E-state index in [0.29, 0.717) is 36.6 Å². The lowest BCUT2D eigenvalue weighted by atomic mass is 10.1. The van der Waals surface area contributed by atoms with Crippen molar-refractivity contribution in [2.24, 2.45) is 0 Å². The van der Waals surface area contributed by atoms with Crippen molar-refractivity contribution in [2.45, 2.75) is 6.42 Å². The molecule has 0 spiro atoms. The second kappa shape index (κ2) is 7.07. The van der Waals surface area contributed by atoms with Gasteiger partial charge >= 0.3 is 0 Å². The normalized spacial score (nSPS) is 10.8. The van der Waals surface area contributed by atoms with E-state index < -0.39 is 0 Å². The van der Waals surface area contributed by atoms with Crippen molar-refractivity contribution < 1.29 is 13.9 Å². The van der Waals surface area contributed by atoms with Gasteiger partial charge in [-0.2, -0.15) is 0 Å². The molecule has 23 heavy (non-hydrogen) atoms. The molecule has 1 N–H and O–H groups in total. The summed E-state index contributed by atoms with van der Waals surface area (Å²) in [6.07, 6.45) is 0.630. The maximum absolute atomic E-state index is 12.0. The summed E-state index contributed by atoms with van der Waals surface area (Å²) in [5, 5.41) is 2.79. The molecule has 0 aliphatic carbocycles. The van der Waals surface area contributed by atoms with Gasteiger partial charge in [0.1, 0.15) is 5.52 Å². The minimum Gasteiger partial charge on any atom is -0.440 e. The topological polar surface area (TPSA) is 64.4 Å². The molecule has 0 bridgehead atoms. The number of ether oxygens (including phenoxy) is 1. The number of rotatable bonds is 6. The maximum Gasteiger partial charge on any atom is 0.251 e. The van der Waals surface area contributed by atoms with Crippen LogP contribution in [0.1, 0.15) is 21.8 Å². The number of aromatic nitrogens is 1. The summed E-state index contributed by atoms with van der Waals surface area (Å²) < 4.78 is 10.7. The SMILES string of the molecule is COCCNC(=O)c1ccc2nc(Cc3ccccc3)oc2c1. The minimum atomic E-state index is -0.148. The van der Waals surface area contributed by atoms with Gasteiger partial charge in [0, 0.05) is 25.6 Å². The zero-order valence-corrected chi connectivity index (χ0v) is 12.9. The first-order valence-electron chi connectivity index (χ1n) is 7.47. The third kappa shape index (κ3) is 3.76. The molecule has 1 aromatic heterocycles. The number of methoxy groups -OCH3 is 1. The molecule has 3 rings (SSSR count). The van der Waals surface area contributed by atoms with E-state index in [-0.39, 0.29) is 5.91 Å². The number of carbonyl (C=O) groups excluding carboxylic acids is 1. The highest BCUT2D eigenvalue weighted by atomic mass is 16.5. The van der Waals surface area contributed by atoms with Crippen molar-refractivity contribution in [3.8, 4) is 0 Å². The highest BCUT2D eigenvalue weighted by Crippen LogP contribution is 2.19. The number of benzene rings is 2. The van der Waals surface area contributed by atoms with Gasteiger partial charge in [-0.3, -0.25) is 4.79 Å². The molecular formula is C18H18N2O3. The van der Waals surface area contributed by atoms with Crippen LogP contribution in [-0.4, -0.2) is 31.2 Å². The van der Waals surface area contributed by atoms with Gasteiger partial charge in [-0.05, 0) is 23.8 Å². The van der Waals surface area contributed by atoms with Gasteiger partial charge in [0.2, 0.25) is 0 Å². The standard InChI is InChI=1S/C18H18N2O3/c1-22-10-9-19-18(21)14-7-8-15-16(12-14)23-17(20-15)11-13-5-3-2-4-6-13/h2-8,12H,9-11H2,1H3,(H,19,21). The Morgan fingerprint density at radius 2 is 2.04 bits per heavy atom. The molecule has 1 amide bonds. The fourth-order valence-electron chi connectivity index (χ4n) is 2.33. The van der Waals surface area contributed by atoms with Crippen LogP contribution in [0.4, 0.5) is 0 Å². The average molecular weight is 310 g/mol. The first-order chi connectivity index (χ1) is 11.3. The predicted octanol–water partition coefficient (Wildman–Crippen LogP) is 2.79. The Balaban J connectivity index is 1.76. The Morgan fingerprint density at radius 1 is 1.22 bits per heavy atom. The Kier molecular flexibility index (Phi) is 4.68. The van der Waals surface area contributed by atoms with Gasteiger partial charge < -0.3 is 14.5 Å². The van der Waals surface area contributed by atoms with E-state index in [1.54, 1.807) is 25.3 Å². The number of nitrogens with one attached hydrogen (secondary N) is 1. The number of nitrogens with zero attached hydrogens (tertiary/aromatic N) is 1. The van der Waals surface area contributed by atoms with Crippen LogP contribution in [-0.2, 0) is 11.2 Å². The molecule has 2 aromatic carbocycles. The smallest absolute Gasteiger partial charge is 0.251 e. The van der Waals surface area contributed by atoms with Gasteiger partial charge in [-0.1, -0.05) is 30.3 Å². The van der Waals surface area contributed by atoms with Crippen LogP contribution < -0.4 is 5.32 Å². The predicted molar refractivity (Wildman–Crippen MR) is 87.5 cm³/mol. The summed E-state index contributed by atoms with van der Waals surface area (Å²) in [4.78, 5) is 16.5. The second-order valence-corrected chi connectivity index (χ2v) is 5.20. The van der Waals surface area contributed by atoms with Crippen molar-refractivity contribution in [1.29, 1.82) is 0 Å². The van der Waals surface area contributed by atoms with Crippen LogP contribution in [0.15, 0.2) is 52.9 Å². The third-order valence-corrected chi connectivity index (χ3v) is 3.48. The summed E-state index contributed by atoms with van der Waals surface area (Å²) in [7, 11) is 1.60. The molecule has 118 valence electrons. The van der Waals surface area contributed by atoms with Crippen LogP contribution >= 0.6 is 0 Å². The van der Waals surface area contributed by atoms with Crippen LogP contribution in [0, 0.1) is 0 Å². The van der Waals surface area contributed by atoms with Gasteiger partial charge in [0.25, 0.3) is 5.91 Å². The van der Waals surface area contributed by atoms with Crippen molar-refractivity contribution >= 4 is 17.0 Å². The monoisotopic (exact) mass is 310 g/mol. The lowest BCUT2D eigenvalue weighted by molar-refractivity contribution is 0.0937. The number of carbonyl (C=O) groups is 1. The van der Waals surface area contributed by atoms with Crippen molar-refractivity contribution in [3.05, 3.63) is 65.5 Å². The quantitative estimate of drug-likeness (QED) is 0.711. The highest BCUT2D eigenvalue weighted by Gasteiger charge is 2.11. The zero-order chi connectivity index (χ0) is 16.1. The molecule has 0 fully saturated rings. The van der Waals surface area contributed by atoms with Crippen molar-refractivity contribution in [1.82, 2.24) is 10.3 Å². The molecular weight excluding hydrogens is 292 g/mol. The molecule has 5 heteroatoms. The highest BCUT2D eigenvalue weighted by molar-refractivity contribution is 5.97. The van der Waals surface area contributed by atoms with E-state index >= 15 is 0 Å². The van der Waals surface area contributed by atoms with E-state index in [9.17, 15) is 4.79 Å².